The molecule has 0 aromatic rings. The van der Waals surface area contributed by atoms with Crippen LogP contribution < -0.4 is 0 Å². The average molecular weight is 304 g/mol. The van der Waals surface area contributed by atoms with Crippen molar-refractivity contribution in [3.8, 4) is 0 Å². The number of aliphatic hydroxyl groups excluding tert-OH is 1. The number of piperidine rings is 1. The Labute approximate surface area is 114 Å². The Morgan fingerprint density at radius 1 is 1.18 bits per heavy atom. The van der Waals surface area contributed by atoms with Crippen molar-refractivity contribution in [2.75, 3.05) is 25.0 Å². The minimum atomic E-state index is 0.350. The third-order valence-corrected chi connectivity index (χ3v) is 5.89. The van der Waals surface area contributed by atoms with Crippen molar-refractivity contribution in [2.24, 2.45) is 5.41 Å². The molecule has 0 bridgehead atoms. The lowest BCUT2D eigenvalue weighted by Crippen LogP contribution is -2.46. The molecule has 2 rings (SSSR count). The standard InChI is InChI=1S/C14H26BrNO/c15-11-14(7-2-3-8-14)12-16-9-4-1-5-13(16)6-10-17/h13,17H,1-12H2. The van der Waals surface area contributed by atoms with Gasteiger partial charge in [-0.2, -0.15) is 0 Å². The topological polar surface area (TPSA) is 23.5 Å². The van der Waals surface area contributed by atoms with E-state index < -0.39 is 0 Å². The van der Waals surface area contributed by atoms with E-state index in [9.17, 15) is 5.11 Å². The van der Waals surface area contributed by atoms with Gasteiger partial charge in [-0.3, -0.25) is 4.90 Å². The normalized spacial score (nSPS) is 29.6. The third kappa shape index (κ3) is 3.45. The highest BCUT2D eigenvalue weighted by Crippen LogP contribution is 2.41. The molecule has 0 spiro atoms. The molecule has 0 amide bonds. The average Bonchev–Trinajstić information content (AvgIpc) is 2.81. The van der Waals surface area contributed by atoms with Gasteiger partial charge in [0.15, 0.2) is 0 Å². The molecule has 2 fully saturated rings. The van der Waals surface area contributed by atoms with E-state index in [1.807, 2.05) is 0 Å². The first kappa shape index (κ1) is 13.8. The smallest absolute Gasteiger partial charge is 0.0445 e. The van der Waals surface area contributed by atoms with Crippen LogP contribution in [0.4, 0.5) is 0 Å². The van der Waals surface area contributed by atoms with Crippen LogP contribution >= 0.6 is 15.9 Å². The van der Waals surface area contributed by atoms with Crippen LogP contribution in [0.2, 0.25) is 0 Å². The first-order valence-corrected chi connectivity index (χ1v) is 8.33. The molecule has 2 nitrogen and oxygen atoms in total. The van der Waals surface area contributed by atoms with Crippen LogP contribution in [0.25, 0.3) is 0 Å². The highest BCUT2D eigenvalue weighted by Gasteiger charge is 2.36. The molecule has 2 aliphatic rings. The second-order valence-corrected chi connectivity index (χ2v) is 6.53. The molecule has 1 saturated heterocycles. The highest BCUT2D eigenvalue weighted by molar-refractivity contribution is 9.09. The number of hydrogen-bond donors (Lipinski definition) is 1. The number of halogens is 1. The largest absolute Gasteiger partial charge is 0.396 e. The summed E-state index contributed by atoms with van der Waals surface area (Å²) in [5.74, 6) is 0. The first-order valence-electron chi connectivity index (χ1n) is 7.20. The maximum absolute atomic E-state index is 9.18. The van der Waals surface area contributed by atoms with Gasteiger partial charge in [0.05, 0.1) is 0 Å². The van der Waals surface area contributed by atoms with E-state index in [1.54, 1.807) is 0 Å². The van der Waals surface area contributed by atoms with Crippen molar-refractivity contribution in [1.82, 2.24) is 4.90 Å². The molecule has 1 N–H and O–H groups in total. The Morgan fingerprint density at radius 2 is 1.94 bits per heavy atom. The van der Waals surface area contributed by atoms with Gasteiger partial charge in [-0.1, -0.05) is 35.2 Å². The minimum absolute atomic E-state index is 0.350. The summed E-state index contributed by atoms with van der Waals surface area (Å²) in [6.45, 7) is 2.85. The highest BCUT2D eigenvalue weighted by atomic mass is 79.9. The van der Waals surface area contributed by atoms with Crippen molar-refractivity contribution in [2.45, 2.75) is 57.4 Å². The van der Waals surface area contributed by atoms with Gasteiger partial charge in [-0.15, -0.1) is 0 Å². The molecular formula is C14H26BrNO. The summed E-state index contributed by atoms with van der Waals surface area (Å²) < 4.78 is 0. The lowest BCUT2D eigenvalue weighted by molar-refractivity contribution is 0.0766. The molecular weight excluding hydrogens is 278 g/mol. The number of aliphatic hydroxyl groups is 1. The summed E-state index contributed by atoms with van der Waals surface area (Å²) in [5.41, 5.74) is 0.533. The summed E-state index contributed by atoms with van der Waals surface area (Å²) in [4.78, 5) is 2.67. The summed E-state index contributed by atoms with van der Waals surface area (Å²) in [5, 5.41) is 10.3. The second-order valence-electron chi connectivity index (χ2n) is 5.97. The summed E-state index contributed by atoms with van der Waals surface area (Å²) in [7, 11) is 0. The molecule has 17 heavy (non-hydrogen) atoms. The Balaban J connectivity index is 1.94. The van der Waals surface area contributed by atoms with Gasteiger partial charge in [0.1, 0.15) is 0 Å². The number of nitrogens with zero attached hydrogens (tertiary/aromatic N) is 1. The molecule has 1 unspecified atom stereocenters. The van der Waals surface area contributed by atoms with Gasteiger partial charge in [0, 0.05) is 24.5 Å². The predicted octanol–water partition coefficient (Wildman–Crippen LogP) is 3.18. The van der Waals surface area contributed by atoms with Crippen molar-refractivity contribution in [3.63, 3.8) is 0 Å². The first-order chi connectivity index (χ1) is 8.29. The summed E-state index contributed by atoms with van der Waals surface area (Å²) in [6.07, 6.45) is 10.6. The van der Waals surface area contributed by atoms with E-state index in [1.165, 1.54) is 58.0 Å². The van der Waals surface area contributed by atoms with Crippen LogP contribution in [0, 0.1) is 5.41 Å². The number of rotatable bonds is 5. The lowest BCUT2D eigenvalue weighted by atomic mass is 9.86. The molecule has 1 aliphatic heterocycles. The zero-order chi connectivity index (χ0) is 12.1. The molecule has 0 aromatic heterocycles. The lowest BCUT2D eigenvalue weighted by Gasteiger charge is -2.41. The van der Waals surface area contributed by atoms with Gasteiger partial charge in [-0.05, 0) is 44.1 Å². The van der Waals surface area contributed by atoms with E-state index in [4.69, 9.17) is 0 Å². The third-order valence-electron chi connectivity index (χ3n) is 4.70. The van der Waals surface area contributed by atoms with Crippen LogP contribution in [0.3, 0.4) is 0 Å². The fourth-order valence-corrected chi connectivity index (χ4v) is 4.37. The van der Waals surface area contributed by atoms with E-state index in [0.29, 0.717) is 18.1 Å². The van der Waals surface area contributed by atoms with Gasteiger partial charge < -0.3 is 5.11 Å². The maximum Gasteiger partial charge on any atom is 0.0445 e. The van der Waals surface area contributed by atoms with Gasteiger partial charge in [0.2, 0.25) is 0 Å². The molecule has 1 saturated carbocycles. The maximum atomic E-state index is 9.18. The molecule has 0 radical (unpaired) electrons. The van der Waals surface area contributed by atoms with Crippen LogP contribution in [-0.4, -0.2) is 41.1 Å². The fraction of sp³-hybridized carbons (Fsp3) is 1.00. The Kier molecular flexibility index (Phi) is 5.31. The van der Waals surface area contributed by atoms with Crippen molar-refractivity contribution in [3.05, 3.63) is 0 Å². The molecule has 0 aromatic carbocycles. The van der Waals surface area contributed by atoms with Crippen molar-refractivity contribution in [1.29, 1.82) is 0 Å². The monoisotopic (exact) mass is 303 g/mol. The van der Waals surface area contributed by atoms with E-state index in [2.05, 4.69) is 20.8 Å². The van der Waals surface area contributed by atoms with Crippen LogP contribution in [0.15, 0.2) is 0 Å². The molecule has 3 heteroatoms. The van der Waals surface area contributed by atoms with E-state index in [-0.39, 0.29) is 0 Å². The van der Waals surface area contributed by atoms with Gasteiger partial charge in [0.25, 0.3) is 0 Å². The van der Waals surface area contributed by atoms with Crippen LogP contribution in [0.5, 0.6) is 0 Å². The Bertz CT molecular complexity index is 226. The SMILES string of the molecule is OCCC1CCCCN1CC1(CBr)CCCC1. The van der Waals surface area contributed by atoms with Crippen LogP contribution in [-0.2, 0) is 0 Å². The number of alkyl halides is 1. The molecule has 1 heterocycles. The second kappa shape index (κ2) is 6.53. The number of hydrogen-bond acceptors (Lipinski definition) is 2. The van der Waals surface area contributed by atoms with E-state index >= 15 is 0 Å². The predicted molar refractivity (Wildman–Crippen MR) is 75.6 cm³/mol. The summed E-state index contributed by atoms with van der Waals surface area (Å²) in [6, 6.07) is 0.644. The van der Waals surface area contributed by atoms with Crippen molar-refractivity contribution >= 4 is 15.9 Å². The number of likely N-dealkylation sites (tertiary alicyclic amines) is 1. The van der Waals surface area contributed by atoms with Gasteiger partial charge in [-0.25, -0.2) is 0 Å². The molecule has 1 atom stereocenters. The zero-order valence-electron chi connectivity index (χ0n) is 10.8. The van der Waals surface area contributed by atoms with E-state index in [0.717, 1.165) is 11.8 Å². The summed E-state index contributed by atoms with van der Waals surface area (Å²) >= 11 is 3.74. The van der Waals surface area contributed by atoms with Crippen LogP contribution in [0.1, 0.15) is 51.4 Å². The zero-order valence-corrected chi connectivity index (χ0v) is 12.4. The minimum Gasteiger partial charge on any atom is -0.396 e. The van der Waals surface area contributed by atoms with Crippen molar-refractivity contribution < 1.29 is 5.11 Å². The Hall–Kier alpha value is 0.400. The molecule has 1 aliphatic carbocycles. The Morgan fingerprint density at radius 3 is 2.59 bits per heavy atom. The quantitative estimate of drug-likeness (QED) is 0.789. The van der Waals surface area contributed by atoms with Gasteiger partial charge >= 0.3 is 0 Å². The fourth-order valence-electron chi connectivity index (χ4n) is 3.63. The molecule has 100 valence electrons.